The molecule has 0 N–H and O–H groups in total. The van der Waals surface area contributed by atoms with Crippen molar-refractivity contribution in [3.05, 3.63) is 53.1 Å². The molecule has 0 saturated heterocycles. The van der Waals surface area contributed by atoms with Crippen molar-refractivity contribution < 1.29 is 35.9 Å². The summed E-state index contributed by atoms with van der Waals surface area (Å²) in [7, 11) is -1.94. The zero-order valence-corrected chi connectivity index (χ0v) is 16.2. The highest BCUT2D eigenvalue weighted by atomic mass is 35.5. The summed E-state index contributed by atoms with van der Waals surface area (Å²) >= 11 is 5.97. The summed E-state index contributed by atoms with van der Waals surface area (Å²) in [6.45, 7) is -0.742. The molecule has 0 amide bonds. The fraction of sp³-hybridized carbons (Fsp3) is 0.235. The molecule has 0 aliphatic carbocycles. The van der Waals surface area contributed by atoms with Gasteiger partial charge in [-0.25, -0.2) is 8.42 Å². The molecule has 0 radical (unpaired) electrons. The van der Waals surface area contributed by atoms with Crippen LogP contribution in [0.2, 0.25) is 5.02 Å². The van der Waals surface area contributed by atoms with E-state index in [9.17, 15) is 26.4 Å². The molecule has 28 heavy (non-hydrogen) atoms. The molecule has 0 saturated carbocycles. The van der Waals surface area contributed by atoms with Gasteiger partial charge in [0.2, 0.25) is 0 Å². The van der Waals surface area contributed by atoms with Crippen molar-refractivity contribution in [3.63, 3.8) is 0 Å². The van der Waals surface area contributed by atoms with Crippen molar-refractivity contribution in [2.24, 2.45) is 0 Å². The first kappa shape index (κ1) is 21.8. The smallest absolute Gasteiger partial charge is 0.416 e. The number of hydrogen-bond acceptors (Lipinski definition) is 5. The highest BCUT2D eigenvalue weighted by Gasteiger charge is 2.32. The Balaban J connectivity index is 2.53. The first-order valence-corrected chi connectivity index (χ1v) is 9.43. The van der Waals surface area contributed by atoms with Gasteiger partial charge in [0.25, 0.3) is 10.0 Å². The Labute approximate surface area is 164 Å². The van der Waals surface area contributed by atoms with Crippen LogP contribution in [0.15, 0.2) is 47.4 Å². The van der Waals surface area contributed by atoms with Crippen molar-refractivity contribution in [2.75, 3.05) is 25.1 Å². The molecule has 152 valence electrons. The molecule has 6 nitrogen and oxygen atoms in total. The number of sulfonamides is 1. The molecular weight excluding hydrogens is 423 g/mol. The van der Waals surface area contributed by atoms with Gasteiger partial charge in [-0.3, -0.25) is 9.10 Å². The number of carbonyl (C=O) groups excluding carboxylic acids is 1. The van der Waals surface area contributed by atoms with Crippen LogP contribution in [-0.4, -0.2) is 35.2 Å². The Morgan fingerprint density at radius 2 is 1.71 bits per heavy atom. The molecule has 2 aromatic rings. The maximum Gasteiger partial charge on any atom is 0.416 e. The van der Waals surface area contributed by atoms with E-state index in [0.717, 1.165) is 37.4 Å². The van der Waals surface area contributed by atoms with E-state index < -0.39 is 34.3 Å². The second-order valence-corrected chi connectivity index (χ2v) is 7.70. The third kappa shape index (κ3) is 4.68. The molecule has 0 fully saturated rings. The molecule has 11 heteroatoms. The van der Waals surface area contributed by atoms with Crippen LogP contribution in [0.3, 0.4) is 0 Å². The van der Waals surface area contributed by atoms with Crippen LogP contribution < -0.4 is 9.04 Å². The number of anilines is 1. The van der Waals surface area contributed by atoms with Gasteiger partial charge in [-0.05, 0) is 42.5 Å². The lowest BCUT2D eigenvalue weighted by molar-refractivity contribution is -0.139. The molecule has 2 rings (SSSR count). The van der Waals surface area contributed by atoms with Gasteiger partial charge in [-0.2, -0.15) is 13.2 Å². The number of halogens is 4. The average Bonchev–Trinajstić information content (AvgIpc) is 2.65. The molecule has 0 aliphatic heterocycles. The Kier molecular flexibility index (Phi) is 6.45. The van der Waals surface area contributed by atoms with Gasteiger partial charge in [0.1, 0.15) is 12.3 Å². The standard InChI is InChI=1S/C17H15ClF3NO5S/c1-26-15-8-7-13(9-14(15)18)28(24,25)22(10-16(23)27-2)12-5-3-11(4-6-12)17(19,20)21/h3-9H,10H2,1-2H3. The van der Waals surface area contributed by atoms with E-state index >= 15 is 0 Å². The number of benzene rings is 2. The van der Waals surface area contributed by atoms with Crippen LogP contribution in [0, 0.1) is 0 Å². The van der Waals surface area contributed by atoms with Crippen LogP contribution in [-0.2, 0) is 25.7 Å². The van der Waals surface area contributed by atoms with Gasteiger partial charge >= 0.3 is 12.1 Å². The normalized spacial score (nSPS) is 11.8. The van der Waals surface area contributed by atoms with Gasteiger partial charge in [0.15, 0.2) is 0 Å². The first-order valence-electron chi connectivity index (χ1n) is 7.61. The predicted molar refractivity (Wildman–Crippen MR) is 96.0 cm³/mol. The summed E-state index contributed by atoms with van der Waals surface area (Å²) in [5.74, 6) is -0.669. The fourth-order valence-corrected chi connectivity index (χ4v) is 4.01. The van der Waals surface area contributed by atoms with Crippen molar-refractivity contribution in [1.29, 1.82) is 0 Å². The summed E-state index contributed by atoms with van der Waals surface area (Å²) in [4.78, 5) is 11.4. The molecule has 0 unspecified atom stereocenters. The van der Waals surface area contributed by atoms with E-state index in [4.69, 9.17) is 16.3 Å². The van der Waals surface area contributed by atoms with Crippen molar-refractivity contribution >= 4 is 33.3 Å². The number of methoxy groups -OCH3 is 2. The summed E-state index contributed by atoms with van der Waals surface area (Å²) < 4.78 is 74.4. The molecule has 0 aliphatic rings. The SMILES string of the molecule is COC(=O)CN(c1ccc(C(F)(F)F)cc1)S(=O)(=O)c1ccc(OC)c(Cl)c1. The predicted octanol–water partition coefficient (Wildman–Crippen LogP) is 3.74. The topological polar surface area (TPSA) is 72.9 Å². The van der Waals surface area contributed by atoms with Gasteiger partial charge in [0, 0.05) is 0 Å². The van der Waals surface area contributed by atoms with E-state index in [1.165, 1.54) is 19.2 Å². The van der Waals surface area contributed by atoms with Gasteiger partial charge in [0.05, 0.1) is 35.4 Å². The molecule has 2 aromatic carbocycles. The summed E-state index contributed by atoms with van der Waals surface area (Å²) in [5.41, 5.74) is -1.11. The van der Waals surface area contributed by atoms with Crippen LogP contribution in [0.1, 0.15) is 5.56 Å². The van der Waals surface area contributed by atoms with Gasteiger partial charge in [-0.1, -0.05) is 11.6 Å². The van der Waals surface area contributed by atoms with Crippen LogP contribution in [0.25, 0.3) is 0 Å². The molecule has 0 heterocycles. The third-order valence-electron chi connectivity index (χ3n) is 3.69. The number of rotatable bonds is 6. The zero-order chi connectivity index (χ0) is 21.1. The highest BCUT2D eigenvalue weighted by Crippen LogP contribution is 2.33. The van der Waals surface area contributed by atoms with Crippen molar-refractivity contribution in [2.45, 2.75) is 11.1 Å². The van der Waals surface area contributed by atoms with Gasteiger partial charge < -0.3 is 9.47 Å². The minimum atomic E-state index is -4.59. The maximum atomic E-state index is 13.0. The maximum absolute atomic E-state index is 13.0. The summed E-state index contributed by atoms with van der Waals surface area (Å²) in [6.07, 6.45) is -4.59. The Morgan fingerprint density at radius 1 is 1.11 bits per heavy atom. The monoisotopic (exact) mass is 437 g/mol. The largest absolute Gasteiger partial charge is 0.495 e. The second kappa shape index (κ2) is 8.27. The number of esters is 1. The summed E-state index contributed by atoms with van der Waals surface area (Å²) in [5, 5.41) is 0.00834. The number of nitrogens with zero attached hydrogens (tertiary/aromatic N) is 1. The molecular formula is C17H15ClF3NO5S. The first-order chi connectivity index (χ1) is 13.0. The van der Waals surface area contributed by atoms with E-state index in [1.807, 2.05) is 0 Å². The lowest BCUT2D eigenvalue weighted by Crippen LogP contribution is -2.36. The average molecular weight is 438 g/mol. The van der Waals surface area contributed by atoms with E-state index in [1.54, 1.807) is 0 Å². The van der Waals surface area contributed by atoms with Crippen LogP contribution >= 0.6 is 11.6 Å². The van der Waals surface area contributed by atoms with Crippen molar-refractivity contribution in [1.82, 2.24) is 0 Å². The quantitative estimate of drug-likeness (QED) is 0.644. The Morgan fingerprint density at radius 3 is 2.18 bits per heavy atom. The minimum Gasteiger partial charge on any atom is -0.495 e. The second-order valence-electron chi connectivity index (χ2n) is 5.43. The zero-order valence-electron chi connectivity index (χ0n) is 14.7. The van der Waals surface area contributed by atoms with Gasteiger partial charge in [-0.15, -0.1) is 0 Å². The third-order valence-corrected chi connectivity index (χ3v) is 5.76. The Hall–Kier alpha value is -2.46. The number of carbonyl (C=O) groups is 1. The Bertz CT molecular complexity index is 962. The fourth-order valence-electron chi connectivity index (χ4n) is 2.25. The van der Waals surface area contributed by atoms with E-state index in [-0.39, 0.29) is 21.4 Å². The lowest BCUT2D eigenvalue weighted by Gasteiger charge is -2.24. The van der Waals surface area contributed by atoms with Crippen LogP contribution in [0.4, 0.5) is 18.9 Å². The molecule has 0 atom stereocenters. The van der Waals surface area contributed by atoms with E-state index in [2.05, 4.69) is 4.74 Å². The van der Waals surface area contributed by atoms with E-state index in [0.29, 0.717) is 4.31 Å². The molecule has 0 spiro atoms. The highest BCUT2D eigenvalue weighted by molar-refractivity contribution is 7.92. The molecule has 0 bridgehead atoms. The minimum absolute atomic E-state index is 0.00834. The number of alkyl halides is 3. The lowest BCUT2D eigenvalue weighted by atomic mass is 10.2. The van der Waals surface area contributed by atoms with Crippen LogP contribution in [0.5, 0.6) is 5.75 Å². The summed E-state index contributed by atoms with van der Waals surface area (Å²) in [6, 6.07) is 6.98. The number of ether oxygens (including phenoxy) is 2. The number of hydrogen-bond donors (Lipinski definition) is 0. The molecule has 0 aromatic heterocycles. The van der Waals surface area contributed by atoms with Crippen molar-refractivity contribution in [3.8, 4) is 5.75 Å².